The number of pyridine rings is 1. The molecule has 0 saturated carbocycles. The van der Waals surface area contributed by atoms with E-state index in [-0.39, 0.29) is 11.9 Å². The smallest absolute Gasteiger partial charge is 0.261 e. The van der Waals surface area contributed by atoms with Crippen LogP contribution in [0, 0.1) is 5.82 Å². The lowest BCUT2D eigenvalue weighted by Crippen LogP contribution is -2.16. The number of carbonyl (C=O) groups is 1. The summed E-state index contributed by atoms with van der Waals surface area (Å²) in [7, 11) is 0. The van der Waals surface area contributed by atoms with Crippen molar-refractivity contribution in [3.8, 4) is 0 Å². The van der Waals surface area contributed by atoms with E-state index >= 15 is 0 Å². The Bertz CT molecular complexity index is 903. The fraction of sp³-hybridized carbons (Fsp3) is 0.250. The highest BCUT2D eigenvalue weighted by molar-refractivity contribution is 6.07. The van der Waals surface area contributed by atoms with Gasteiger partial charge in [-0.1, -0.05) is 6.92 Å². The first-order chi connectivity index (χ1) is 11.1. The molecular formula is C16H14FN5O. The number of nitrogens with zero attached hydrogens (tertiary/aromatic N) is 4. The normalized spacial score (nSPS) is 16.5. The van der Waals surface area contributed by atoms with Gasteiger partial charge in [0.25, 0.3) is 5.91 Å². The summed E-state index contributed by atoms with van der Waals surface area (Å²) in [5.41, 5.74) is 3.45. The van der Waals surface area contributed by atoms with Crippen molar-refractivity contribution in [3.05, 3.63) is 53.5 Å². The van der Waals surface area contributed by atoms with E-state index in [1.54, 1.807) is 6.20 Å². The SMILES string of the molecule is C[C@@H]1CCc2c1cc(C(=O)Nc1ncc(F)cn1)c1nccn21. The highest BCUT2D eigenvalue weighted by atomic mass is 19.1. The third kappa shape index (κ3) is 2.25. The van der Waals surface area contributed by atoms with Crippen LogP contribution in [0.25, 0.3) is 5.65 Å². The van der Waals surface area contributed by atoms with Gasteiger partial charge in [0.15, 0.2) is 5.82 Å². The molecule has 4 rings (SSSR count). The van der Waals surface area contributed by atoms with Gasteiger partial charge in [0.2, 0.25) is 5.95 Å². The molecule has 3 aromatic heterocycles. The molecule has 3 heterocycles. The number of amides is 1. The monoisotopic (exact) mass is 311 g/mol. The van der Waals surface area contributed by atoms with Crippen LogP contribution in [0.3, 0.4) is 0 Å². The number of fused-ring (bicyclic) bond motifs is 3. The van der Waals surface area contributed by atoms with Gasteiger partial charge in [-0.2, -0.15) is 0 Å². The number of rotatable bonds is 2. The van der Waals surface area contributed by atoms with Gasteiger partial charge >= 0.3 is 0 Å². The first-order valence-corrected chi connectivity index (χ1v) is 7.41. The lowest BCUT2D eigenvalue weighted by molar-refractivity contribution is 0.102. The fourth-order valence-electron chi connectivity index (χ4n) is 3.08. The number of carbonyl (C=O) groups excluding carboxylic acids is 1. The van der Waals surface area contributed by atoms with Crippen molar-refractivity contribution in [1.29, 1.82) is 0 Å². The highest BCUT2D eigenvalue weighted by Crippen LogP contribution is 2.34. The molecule has 116 valence electrons. The minimum atomic E-state index is -0.551. The lowest BCUT2D eigenvalue weighted by atomic mass is 10.0. The second kappa shape index (κ2) is 5.12. The van der Waals surface area contributed by atoms with Crippen molar-refractivity contribution < 1.29 is 9.18 Å². The van der Waals surface area contributed by atoms with Crippen LogP contribution in [0.4, 0.5) is 10.3 Å². The van der Waals surface area contributed by atoms with Gasteiger partial charge in [-0.05, 0) is 30.4 Å². The molecule has 7 heteroatoms. The van der Waals surface area contributed by atoms with Crippen LogP contribution in [0.1, 0.15) is 40.9 Å². The molecule has 1 aliphatic rings. The summed E-state index contributed by atoms with van der Waals surface area (Å²) in [6.45, 7) is 2.15. The molecule has 1 N–H and O–H groups in total. The standard InChI is InChI=1S/C16H14FN5O/c1-9-2-3-13-11(9)6-12(14-18-4-5-22(13)14)15(23)21-16-19-7-10(17)8-20-16/h4-9H,2-3H2,1H3,(H,19,20,21,23)/t9-/m1/s1. The van der Waals surface area contributed by atoms with E-state index in [2.05, 4.69) is 27.2 Å². The maximum atomic E-state index is 12.9. The molecule has 0 bridgehead atoms. The van der Waals surface area contributed by atoms with Gasteiger partial charge < -0.3 is 4.40 Å². The predicted octanol–water partition coefficient (Wildman–Crippen LogP) is 2.57. The van der Waals surface area contributed by atoms with E-state index < -0.39 is 5.82 Å². The topological polar surface area (TPSA) is 72.2 Å². The first kappa shape index (κ1) is 13.8. The van der Waals surface area contributed by atoms with Gasteiger partial charge in [0.1, 0.15) is 5.65 Å². The zero-order chi connectivity index (χ0) is 16.0. The molecule has 0 aromatic carbocycles. The average molecular weight is 311 g/mol. The predicted molar refractivity (Wildman–Crippen MR) is 81.9 cm³/mol. The van der Waals surface area contributed by atoms with Crippen LogP contribution < -0.4 is 5.32 Å². The summed E-state index contributed by atoms with van der Waals surface area (Å²) >= 11 is 0. The molecule has 3 aromatic rings. The molecule has 6 nitrogen and oxygen atoms in total. The molecule has 23 heavy (non-hydrogen) atoms. The Morgan fingerprint density at radius 3 is 2.91 bits per heavy atom. The Balaban J connectivity index is 1.76. The number of nitrogens with one attached hydrogen (secondary N) is 1. The number of hydrogen-bond donors (Lipinski definition) is 1. The molecule has 0 saturated heterocycles. The van der Waals surface area contributed by atoms with Crippen molar-refractivity contribution in [2.75, 3.05) is 5.32 Å². The summed E-state index contributed by atoms with van der Waals surface area (Å²) in [5, 5.41) is 2.59. The minimum Gasteiger partial charge on any atom is -0.303 e. The second-order valence-electron chi connectivity index (χ2n) is 5.70. The Kier molecular flexibility index (Phi) is 3.07. The number of halogens is 1. The van der Waals surface area contributed by atoms with Crippen LogP contribution in [0.2, 0.25) is 0 Å². The summed E-state index contributed by atoms with van der Waals surface area (Å²) < 4.78 is 14.8. The van der Waals surface area contributed by atoms with Crippen LogP contribution in [0.5, 0.6) is 0 Å². The van der Waals surface area contributed by atoms with Crippen LogP contribution in [-0.4, -0.2) is 25.3 Å². The maximum absolute atomic E-state index is 12.9. The van der Waals surface area contributed by atoms with Crippen molar-refractivity contribution in [3.63, 3.8) is 0 Å². The Labute approximate surface area is 131 Å². The van der Waals surface area contributed by atoms with Gasteiger partial charge in [0, 0.05) is 18.1 Å². The minimum absolute atomic E-state index is 0.0645. The third-order valence-electron chi connectivity index (χ3n) is 4.24. The summed E-state index contributed by atoms with van der Waals surface area (Å²) in [5.74, 6) is -0.431. The van der Waals surface area contributed by atoms with E-state index in [4.69, 9.17) is 0 Å². The molecular weight excluding hydrogens is 297 g/mol. The molecule has 0 aliphatic heterocycles. The highest BCUT2D eigenvalue weighted by Gasteiger charge is 2.25. The number of aromatic nitrogens is 4. The molecule has 1 atom stereocenters. The van der Waals surface area contributed by atoms with E-state index in [0.717, 1.165) is 25.2 Å². The van der Waals surface area contributed by atoms with Crippen LogP contribution in [0.15, 0.2) is 30.9 Å². The van der Waals surface area contributed by atoms with Gasteiger partial charge in [-0.25, -0.2) is 19.3 Å². The molecule has 0 fully saturated rings. The average Bonchev–Trinajstić information content (AvgIpc) is 3.15. The van der Waals surface area contributed by atoms with Crippen molar-refractivity contribution >= 4 is 17.5 Å². The number of anilines is 1. The summed E-state index contributed by atoms with van der Waals surface area (Å²) in [6, 6.07) is 1.90. The van der Waals surface area contributed by atoms with Crippen LogP contribution >= 0.6 is 0 Å². The van der Waals surface area contributed by atoms with Crippen LogP contribution in [-0.2, 0) is 6.42 Å². The first-order valence-electron chi connectivity index (χ1n) is 7.41. The maximum Gasteiger partial charge on any atom is 0.261 e. The summed E-state index contributed by atoms with van der Waals surface area (Å²) in [4.78, 5) is 24.4. The zero-order valence-corrected chi connectivity index (χ0v) is 12.5. The van der Waals surface area contributed by atoms with Crippen molar-refractivity contribution in [2.45, 2.75) is 25.7 Å². The summed E-state index contributed by atoms with van der Waals surface area (Å²) in [6.07, 6.45) is 7.62. The quantitative estimate of drug-likeness (QED) is 0.789. The van der Waals surface area contributed by atoms with Gasteiger partial charge in [-0.15, -0.1) is 0 Å². The van der Waals surface area contributed by atoms with Crippen molar-refractivity contribution in [1.82, 2.24) is 19.4 Å². The van der Waals surface area contributed by atoms with E-state index in [9.17, 15) is 9.18 Å². The van der Waals surface area contributed by atoms with Gasteiger partial charge in [0.05, 0.1) is 18.0 Å². The van der Waals surface area contributed by atoms with Gasteiger partial charge in [-0.3, -0.25) is 10.1 Å². The third-order valence-corrected chi connectivity index (χ3v) is 4.24. The number of hydrogen-bond acceptors (Lipinski definition) is 4. The van der Waals surface area contributed by atoms with E-state index in [1.807, 2.05) is 16.7 Å². The molecule has 1 amide bonds. The number of aryl methyl sites for hydroxylation is 1. The number of imidazole rings is 1. The fourth-order valence-corrected chi connectivity index (χ4v) is 3.08. The van der Waals surface area contributed by atoms with E-state index in [0.29, 0.717) is 17.1 Å². The molecule has 0 radical (unpaired) electrons. The molecule has 0 spiro atoms. The largest absolute Gasteiger partial charge is 0.303 e. The Morgan fingerprint density at radius 1 is 1.35 bits per heavy atom. The lowest BCUT2D eigenvalue weighted by Gasteiger charge is -2.11. The zero-order valence-electron chi connectivity index (χ0n) is 12.5. The molecule has 1 aliphatic carbocycles. The Hall–Kier alpha value is -2.83. The van der Waals surface area contributed by atoms with Crippen molar-refractivity contribution in [2.24, 2.45) is 0 Å². The molecule has 0 unspecified atom stereocenters. The van der Waals surface area contributed by atoms with E-state index in [1.165, 1.54) is 11.3 Å². The Morgan fingerprint density at radius 2 is 2.13 bits per heavy atom. The second-order valence-corrected chi connectivity index (χ2v) is 5.70.